The van der Waals surface area contributed by atoms with Crippen LogP contribution < -0.4 is 0 Å². The highest BCUT2D eigenvalue weighted by molar-refractivity contribution is 5.83. The van der Waals surface area contributed by atoms with E-state index in [4.69, 9.17) is 4.74 Å². The van der Waals surface area contributed by atoms with Crippen molar-refractivity contribution in [3.05, 3.63) is 12.7 Å². The molecule has 0 aromatic carbocycles. The van der Waals surface area contributed by atoms with E-state index < -0.39 is 0 Å². The highest BCUT2D eigenvalue weighted by Gasteiger charge is 2.51. The van der Waals surface area contributed by atoms with E-state index in [1.165, 1.54) is 12.8 Å². The lowest BCUT2D eigenvalue weighted by Gasteiger charge is -2.35. The molecule has 2 fully saturated rings. The maximum Gasteiger partial charge on any atom is 0.226 e. The molecule has 0 N–H and O–H groups in total. The first-order valence-corrected chi connectivity index (χ1v) is 7.53. The number of allylic oxidation sites excluding steroid dienone is 1. The molecule has 0 aromatic heterocycles. The summed E-state index contributed by atoms with van der Waals surface area (Å²) in [6.07, 6.45) is 6.35. The smallest absolute Gasteiger partial charge is 0.226 e. The zero-order valence-electron chi connectivity index (χ0n) is 12.5. The lowest BCUT2D eigenvalue weighted by atomic mass is 9.89. The van der Waals surface area contributed by atoms with Crippen molar-refractivity contribution in [1.82, 2.24) is 4.90 Å². The number of hydrogen-bond donors (Lipinski definition) is 0. The normalized spacial score (nSPS) is 31.9. The monoisotopic (exact) mass is 265 g/mol. The fourth-order valence-corrected chi connectivity index (χ4v) is 3.95. The summed E-state index contributed by atoms with van der Waals surface area (Å²) < 4.78 is 5.36. The van der Waals surface area contributed by atoms with Crippen LogP contribution in [0.2, 0.25) is 0 Å². The third kappa shape index (κ3) is 2.58. The standard InChI is InChI=1S/C16H27NO2/c1-5-7-13-12-8-6-9-14(12)17(16(13)18)15(10-19-4)11(2)3/h5,11-15H,1,6-10H2,2-4H3/t12-,13-,14-,15+/m0/s1. The number of likely N-dealkylation sites (tertiary alicyclic amines) is 1. The Morgan fingerprint density at radius 2 is 2.21 bits per heavy atom. The fourth-order valence-electron chi connectivity index (χ4n) is 3.95. The number of carbonyl (C=O) groups is 1. The van der Waals surface area contributed by atoms with E-state index in [0.717, 1.165) is 12.8 Å². The Morgan fingerprint density at radius 3 is 2.79 bits per heavy atom. The van der Waals surface area contributed by atoms with Gasteiger partial charge in [-0.25, -0.2) is 0 Å². The van der Waals surface area contributed by atoms with Crippen LogP contribution in [0.1, 0.15) is 39.5 Å². The molecule has 0 aromatic rings. The van der Waals surface area contributed by atoms with Crippen molar-refractivity contribution in [3.8, 4) is 0 Å². The van der Waals surface area contributed by atoms with Gasteiger partial charge in [0, 0.05) is 19.1 Å². The first-order valence-electron chi connectivity index (χ1n) is 7.53. The van der Waals surface area contributed by atoms with Gasteiger partial charge < -0.3 is 9.64 Å². The summed E-state index contributed by atoms with van der Waals surface area (Å²) in [7, 11) is 1.73. The summed E-state index contributed by atoms with van der Waals surface area (Å²) >= 11 is 0. The highest BCUT2D eigenvalue weighted by atomic mass is 16.5. The van der Waals surface area contributed by atoms with Crippen molar-refractivity contribution >= 4 is 5.91 Å². The fraction of sp³-hybridized carbons (Fsp3) is 0.812. The molecule has 1 heterocycles. The van der Waals surface area contributed by atoms with Crippen LogP contribution in [0, 0.1) is 17.8 Å². The summed E-state index contributed by atoms with van der Waals surface area (Å²) in [5, 5.41) is 0. The average molecular weight is 265 g/mol. The molecule has 1 saturated carbocycles. The second-order valence-corrected chi connectivity index (χ2v) is 6.31. The van der Waals surface area contributed by atoms with Crippen LogP contribution in [0.3, 0.4) is 0 Å². The molecule has 0 spiro atoms. The van der Waals surface area contributed by atoms with Gasteiger partial charge in [0.25, 0.3) is 0 Å². The minimum Gasteiger partial charge on any atom is -0.383 e. The molecule has 3 heteroatoms. The minimum atomic E-state index is 0.170. The molecule has 1 saturated heterocycles. The number of carbonyl (C=O) groups excluding carboxylic acids is 1. The first kappa shape index (κ1) is 14.6. The number of nitrogens with zero attached hydrogens (tertiary/aromatic N) is 1. The van der Waals surface area contributed by atoms with Crippen LogP contribution >= 0.6 is 0 Å². The van der Waals surface area contributed by atoms with Crippen molar-refractivity contribution in [1.29, 1.82) is 0 Å². The molecular weight excluding hydrogens is 238 g/mol. The molecular formula is C16H27NO2. The van der Waals surface area contributed by atoms with Gasteiger partial charge in [-0.1, -0.05) is 26.3 Å². The van der Waals surface area contributed by atoms with E-state index in [1.807, 2.05) is 6.08 Å². The molecule has 0 bridgehead atoms. The number of fused-ring (bicyclic) bond motifs is 1. The van der Waals surface area contributed by atoms with Gasteiger partial charge in [-0.2, -0.15) is 0 Å². The van der Waals surface area contributed by atoms with Gasteiger partial charge >= 0.3 is 0 Å². The molecule has 0 unspecified atom stereocenters. The Bertz CT molecular complexity index is 340. The third-order valence-electron chi connectivity index (χ3n) is 4.86. The predicted octanol–water partition coefficient (Wildman–Crippen LogP) is 2.86. The molecule has 2 rings (SSSR count). The van der Waals surface area contributed by atoms with Gasteiger partial charge in [-0.05, 0) is 31.1 Å². The van der Waals surface area contributed by atoms with Gasteiger partial charge in [-0.15, -0.1) is 6.58 Å². The molecule has 1 aliphatic carbocycles. The van der Waals surface area contributed by atoms with Crippen LogP contribution in [0.25, 0.3) is 0 Å². The van der Waals surface area contributed by atoms with Crippen LogP contribution in [-0.2, 0) is 9.53 Å². The summed E-state index contributed by atoms with van der Waals surface area (Å²) in [6, 6.07) is 0.665. The average Bonchev–Trinajstić information content (AvgIpc) is 2.91. The van der Waals surface area contributed by atoms with Crippen molar-refractivity contribution in [2.24, 2.45) is 17.8 Å². The second-order valence-electron chi connectivity index (χ2n) is 6.31. The lowest BCUT2D eigenvalue weighted by molar-refractivity contribution is -0.136. The molecule has 1 aliphatic heterocycles. The number of rotatable bonds is 6. The summed E-state index contributed by atoms with van der Waals surface area (Å²) in [5.41, 5.74) is 0. The highest BCUT2D eigenvalue weighted by Crippen LogP contribution is 2.45. The first-order chi connectivity index (χ1) is 9.11. The van der Waals surface area contributed by atoms with E-state index in [9.17, 15) is 4.79 Å². The molecule has 2 aliphatic rings. The lowest BCUT2D eigenvalue weighted by Crippen LogP contribution is -2.47. The number of methoxy groups -OCH3 is 1. The zero-order valence-corrected chi connectivity index (χ0v) is 12.5. The molecule has 0 radical (unpaired) electrons. The molecule has 4 atom stereocenters. The van der Waals surface area contributed by atoms with Gasteiger partial charge in [0.05, 0.1) is 12.6 Å². The number of amides is 1. The summed E-state index contributed by atoms with van der Waals surface area (Å²) in [6.45, 7) is 8.83. The number of hydrogen-bond acceptors (Lipinski definition) is 2. The van der Waals surface area contributed by atoms with E-state index >= 15 is 0 Å². The van der Waals surface area contributed by atoms with Crippen molar-refractivity contribution in [2.45, 2.75) is 51.6 Å². The Balaban J connectivity index is 2.23. The van der Waals surface area contributed by atoms with E-state index in [1.54, 1.807) is 7.11 Å². The van der Waals surface area contributed by atoms with E-state index in [0.29, 0.717) is 30.4 Å². The number of ether oxygens (including phenoxy) is 1. The largest absolute Gasteiger partial charge is 0.383 e. The summed E-state index contributed by atoms with van der Waals surface area (Å²) in [4.78, 5) is 14.9. The van der Waals surface area contributed by atoms with Crippen LogP contribution in [0.4, 0.5) is 0 Å². The van der Waals surface area contributed by atoms with Gasteiger partial charge in [0.1, 0.15) is 0 Å². The maximum absolute atomic E-state index is 12.8. The summed E-state index contributed by atoms with van der Waals surface area (Å²) in [5.74, 6) is 1.49. The van der Waals surface area contributed by atoms with Crippen LogP contribution in [0.5, 0.6) is 0 Å². The minimum absolute atomic E-state index is 0.170. The topological polar surface area (TPSA) is 29.5 Å². The Kier molecular flexibility index (Phi) is 4.67. The van der Waals surface area contributed by atoms with Gasteiger partial charge in [-0.3, -0.25) is 4.79 Å². The molecule has 1 amide bonds. The third-order valence-corrected chi connectivity index (χ3v) is 4.86. The predicted molar refractivity (Wildman–Crippen MR) is 76.8 cm³/mol. The Morgan fingerprint density at radius 1 is 1.47 bits per heavy atom. The molecule has 19 heavy (non-hydrogen) atoms. The van der Waals surface area contributed by atoms with Crippen LogP contribution in [0.15, 0.2) is 12.7 Å². The quantitative estimate of drug-likeness (QED) is 0.691. The van der Waals surface area contributed by atoms with E-state index in [-0.39, 0.29) is 12.0 Å². The van der Waals surface area contributed by atoms with Crippen LogP contribution in [-0.4, -0.2) is 36.6 Å². The molecule has 3 nitrogen and oxygen atoms in total. The Hall–Kier alpha value is -0.830. The molecule has 108 valence electrons. The van der Waals surface area contributed by atoms with Gasteiger partial charge in [0.2, 0.25) is 5.91 Å². The van der Waals surface area contributed by atoms with Gasteiger partial charge in [0.15, 0.2) is 0 Å². The zero-order chi connectivity index (χ0) is 14.0. The Labute approximate surface area is 117 Å². The van der Waals surface area contributed by atoms with Crippen molar-refractivity contribution in [3.63, 3.8) is 0 Å². The SMILES string of the molecule is C=CC[C@@H]1C(=O)N([C@H](COC)C(C)C)[C@H]2CCC[C@@H]12. The maximum atomic E-state index is 12.8. The van der Waals surface area contributed by atoms with Crippen molar-refractivity contribution < 1.29 is 9.53 Å². The second kappa shape index (κ2) is 6.08. The van der Waals surface area contributed by atoms with E-state index in [2.05, 4.69) is 25.3 Å². The van der Waals surface area contributed by atoms with Crippen molar-refractivity contribution in [2.75, 3.05) is 13.7 Å².